The number of thiazole rings is 2. The molecule has 4 aliphatic rings. The lowest BCUT2D eigenvalue weighted by Crippen LogP contribution is -2.56. The highest BCUT2D eigenvalue weighted by Crippen LogP contribution is 2.54. The van der Waals surface area contributed by atoms with Crippen molar-refractivity contribution in [2.75, 3.05) is 27.3 Å². The maximum Gasteiger partial charge on any atom is 0.407 e. The van der Waals surface area contributed by atoms with E-state index in [1.54, 1.807) is 22.7 Å². The standard InChI is InChI=1S/C46H52N10O6S2/c1-23(2)33(53-43(59)61-5)39(57)55-19-25-11-13-45(55,15-25)41-47-17-31(51-41)29-9-7-27(35-37(29)63-21-49-35)28-8-10-30(38-36(28)50-22-64-38)32-18-48-42(52-32)46-14-12-26(16-46)20-56(46)40(58)34(24(3)4)54-44(60)62-6/h7-10,17-18,21-26,33-34H,11-16,19-20H2,1-6H3,(H,47,51)(H,48,52)(H,53,59)(H,54,60)/t25-,26-,33-,34-,45-,46-/m0/s1. The second-order valence-electron chi connectivity index (χ2n) is 18.6. The molecule has 2 saturated heterocycles. The molecule has 64 heavy (non-hydrogen) atoms. The number of likely N-dealkylation sites (tertiary alicyclic amines) is 2. The molecule has 10 rings (SSSR count). The molecule has 2 aromatic carbocycles. The fourth-order valence-corrected chi connectivity index (χ4v) is 12.8. The number of imidazole rings is 2. The number of aromatic nitrogens is 6. The molecule has 2 aliphatic heterocycles. The Morgan fingerprint density at radius 3 is 1.44 bits per heavy atom. The topological polar surface area (TPSA) is 200 Å². The molecular formula is C46H52N10O6S2. The molecule has 4 bridgehead atoms. The summed E-state index contributed by atoms with van der Waals surface area (Å²) in [5.41, 5.74) is 9.84. The fraction of sp³-hybridized carbons (Fsp3) is 0.478. The Morgan fingerprint density at radius 1 is 0.656 bits per heavy atom. The Labute approximate surface area is 378 Å². The Balaban J connectivity index is 0.942. The average Bonchev–Trinajstić information content (AvgIpc) is 4.15. The van der Waals surface area contributed by atoms with Crippen molar-refractivity contribution in [3.8, 4) is 33.6 Å². The molecule has 0 radical (unpaired) electrons. The minimum atomic E-state index is -0.713. The summed E-state index contributed by atoms with van der Waals surface area (Å²) in [6.45, 7) is 8.94. The highest BCUT2D eigenvalue weighted by atomic mass is 32.1. The van der Waals surface area contributed by atoms with Gasteiger partial charge in [0, 0.05) is 35.3 Å². The van der Waals surface area contributed by atoms with Gasteiger partial charge < -0.3 is 39.9 Å². The van der Waals surface area contributed by atoms with Crippen LogP contribution in [0.15, 0.2) is 47.7 Å². The molecule has 6 heterocycles. The van der Waals surface area contributed by atoms with Gasteiger partial charge in [-0.3, -0.25) is 9.59 Å². The summed E-state index contributed by atoms with van der Waals surface area (Å²) in [5.74, 6) is 1.76. The van der Waals surface area contributed by atoms with E-state index in [0.29, 0.717) is 24.9 Å². The number of aromatic amines is 2. The van der Waals surface area contributed by atoms with Crippen molar-refractivity contribution in [2.45, 2.75) is 89.4 Å². The molecule has 0 unspecified atom stereocenters. The molecule has 2 aliphatic carbocycles. The van der Waals surface area contributed by atoms with E-state index in [9.17, 15) is 19.2 Å². The van der Waals surface area contributed by atoms with Gasteiger partial charge in [0.1, 0.15) is 34.8 Å². The van der Waals surface area contributed by atoms with Gasteiger partial charge in [0.25, 0.3) is 0 Å². The molecule has 6 atom stereocenters. The molecule has 6 aromatic rings. The summed E-state index contributed by atoms with van der Waals surface area (Å²) < 4.78 is 11.7. The first-order chi connectivity index (χ1) is 30.8. The van der Waals surface area contributed by atoms with E-state index in [1.165, 1.54) is 14.2 Å². The molecule has 334 valence electrons. The predicted molar refractivity (Wildman–Crippen MR) is 243 cm³/mol. The number of amides is 4. The number of rotatable bonds is 11. The first kappa shape index (κ1) is 42.1. The second-order valence-corrected chi connectivity index (χ2v) is 20.3. The Bertz CT molecular complexity index is 2620. The molecule has 0 spiro atoms. The van der Waals surface area contributed by atoms with Crippen LogP contribution in [-0.4, -0.2) is 103 Å². The number of ether oxygens (including phenoxy) is 2. The lowest BCUT2D eigenvalue weighted by atomic mass is 9.93. The van der Waals surface area contributed by atoms with E-state index in [-0.39, 0.29) is 23.7 Å². The quantitative estimate of drug-likeness (QED) is 0.0995. The maximum atomic E-state index is 14.1. The van der Waals surface area contributed by atoms with E-state index < -0.39 is 35.3 Å². The van der Waals surface area contributed by atoms with Gasteiger partial charge in [0.2, 0.25) is 11.8 Å². The number of piperidine rings is 2. The van der Waals surface area contributed by atoms with Crippen LogP contribution < -0.4 is 10.6 Å². The van der Waals surface area contributed by atoms with Gasteiger partial charge in [0.15, 0.2) is 0 Å². The van der Waals surface area contributed by atoms with Gasteiger partial charge in [-0.25, -0.2) is 29.5 Å². The lowest BCUT2D eigenvalue weighted by molar-refractivity contribution is -0.141. The normalized spacial score (nSPS) is 23.4. The van der Waals surface area contributed by atoms with E-state index in [2.05, 4.69) is 44.9 Å². The molecule has 4 fully saturated rings. The largest absolute Gasteiger partial charge is 0.453 e. The molecule has 18 heteroatoms. The lowest BCUT2D eigenvalue weighted by Gasteiger charge is -2.40. The van der Waals surface area contributed by atoms with Gasteiger partial charge in [-0.2, -0.15) is 0 Å². The van der Waals surface area contributed by atoms with Crippen LogP contribution in [0.3, 0.4) is 0 Å². The zero-order chi connectivity index (χ0) is 44.7. The molecule has 2 saturated carbocycles. The average molecular weight is 905 g/mol. The summed E-state index contributed by atoms with van der Waals surface area (Å²) in [5, 5.41) is 5.54. The van der Waals surface area contributed by atoms with Gasteiger partial charge >= 0.3 is 12.2 Å². The van der Waals surface area contributed by atoms with Crippen LogP contribution in [0.4, 0.5) is 9.59 Å². The molecule has 4 aromatic heterocycles. The van der Waals surface area contributed by atoms with Gasteiger partial charge in [-0.1, -0.05) is 52.0 Å². The van der Waals surface area contributed by atoms with Crippen LogP contribution in [0.2, 0.25) is 0 Å². The minimum Gasteiger partial charge on any atom is -0.453 e. The summed E-state index contributed by atoms with van der Waals surface area (Å²) in [7, 11) is 2.61. The van der Waals surface area contributed by atoms with Crippen LogP contribution in [0.1, 0.15) is 77.9 Å². The SMILES string of the molecule is COC(=O)N[C@H](C(=O)N1C[C@H]2CC[C@@]1(c1ncc(-c3ccc(-c4ccc(-c5cnc([C@@]67CC[C@H](CN6C(=O)[C@@H](NC(=O)OC)C(C)C)C7)[nH]5)c5scnc45)c4ncsc34)[nH]1)C2)C(C)C. The smallest absolute Gasteiger partial charge is 0.407 e. The second kappa shape index (κ2) is 16.0. The van der Waals surface area contributed by atoms with Crippen molar-refractivity contribution in [1.82, 2.24) is 50.3 Å². The Hall–Kier alpha value is -5.88. The van der Waals surface area contributed by atoms with E-state index in [4.69, 9.17) is 29.4 Å². The fourth-order valence-electron chi connectivity index (χ4n) is 11.1. The zero-order valence-corrected chi connectivity index (χ0v) is 38.3. The molecule has 4 amide bonds. The molecular weight excluding hydrogens is 853 g/mol. The number of carbonyl (C=O) groups is 4. The summed E-state index contributed by atoms with van der Waals surface area (Å²) >= 11 is 3.14. The van der Waals surface area contributed by atoms with Crippen molar-refractivity contribution in [3.05, 3.63) is 59.3 Å². The number of nitrogens with zero attached hydrogens (tertiary/aromatic N) is 6. The predicted octanol–water partition coefficient (Wildman–Crippen LogP) is 7.79. The third-order valence-electron chi connectivity index (χ3n) is 14.3. The number of hydrogen-bond donors (Lipinski definition) is 4. The van der Waals surface area contributed by atoms with Crippen LogP contribution >= 0.6 is 22.7 Å². The third-order valence-corrected chi connectivity index (χ3v) is 16.0. The molecule has 16 nitrogen and oxygen atoms in total. The van der Waals surface area contributed by atoms with E-state index in [0.717, 1.165) is 104 Å². The van der Waals surface area contributed by atoms with Crippen molar-refractivity contribution in [1.29, 1.82) is 0 Å². The first-order valence-electron chi connectivity index (χ1n) is 22.0. The number of fused-ring (bicyclic) bond motifs is 6. The highest BCUT2D eigenvalue weighted by Gasteiger charge is 2.58. The monoisotopic (exact) mass is 904 g/mol. The first-order valence-corrected chi connectivity index (χ1v) is 23.8. The number of benzene rings is 2. The summed E-state index contributed by atoms with van der Waals surface area (Å²) in [6.07, 6.45) is 7.71. The summed E-state index contributed by atoms with van der Waals surface area (Å²) in [6, 6.07) is 6.98. The number of nitrogens with one attached hydrogen (secondary N) is 4. The van der Waals surface area contributed by atoms with Crippen molar-refractivity contribution < 1.29 is 28.7 Å². The number of hydrogen-bond acceptors (Lipinski definition) is 12. The van der Waals surface area contributed by atoms with Crippen LogP contribution in [0, 0.1) is 23.7 Å². The highest BCUT2D eigenvalue weighted by molar-refractivity contribution is 7.17. The van der Waals surface area contributed by atoms with Crippen molar-refractivity contribution >= 4 is 67.1 Å². The van der Waals surface area contributed by atoms with Gasteiger partial charge in [0.05, 0.1) is 69.5 Å². The van der Waals surface area contributed by atoms with Crippen molar-refractivity contribution in [2.24, 2.45) is 23.7 Å². The third kappa shape index (κ3) is 6.65. The van der Waals surface area contributed by atoms with Gasteiger partial charge in [-0.15, -0.1) is 22.7 Å². The number of carbonyl (C=O) groups excluding carboxylic acids is 4. The van der Waals surface area contributed by atoms with Crippen LogP contribution in [-0.2, 0) is 30.1 Å². The number of methoxy groups -OCH3 is 2. The Kier molecular flexibility index (Phi) is 10.5. The maximum absolute atomic E-state index is 14.1. The summed E-state index contributed by atoms with van der Waals surface area (Å²) in [4.78, 5) is 83.6. The number of H-pyrrole nitrogens is 2. The minimum absolute atomic E-state index is 0.118. The van der Waals surface area contributed by atoms with E-state index >= 15 is 0 Å². The zero-order valence-electron chi connectivity index (χ0n) is 36.7. The van der Waals surface area contributed by atoms with Crippen molar-refractivity contribution in [3.63, 3.8) is 0 Å². The molecule has 4 N–H and O–H groups in total. The van der Waals surface area contributed by atoms with Crippen LogP contribution in [0.5, 0.6) is 0 Å². The Morgan fingerprint density at radius 2 is 1.06 bits per heavy atom. The van der Waals surface area contributed by atoms with Crippen LogP contribution in [0.25, 0.3) is 54.1 Å². The van der Waals surface area contributed by atoms with E-state index in [1.807, 2.05) is 60.9 Å². The number of alkyl carbamates (subject to hydrolysis) is 2. The van der Waals surface area contributed by atoms with Gasteiger partial charge in [-0.05, 0) is 62.2 Å².